The minimum atomic E-state index is -0.116. The molecule has 1 saturated carbocycles. The van der Waals surface area contributed by atoms with Gasteiger partial charge in [-0.25, -0.2) is 0 Å². The Bertz CT molecular complexity index is 470. The third-order valence-corrected chi connectivity index (χ3v) is 3.77. The van der Waals surface area contributed by atoms with Crippen LogP contribution in [0.25, 0.3) is 0 Å². The van der Waals surface area contributed by atoms with Gasteiger partial charge in [0.15, 0.2) is 5.78 Å². The van der Waals surface area contributed by atoms with Crippen molar-refractivity contribution >= 4 is 11.8 Å². The molecule has 4 heteroatoms. The fraction of sp³-hybridized carbons (Fsp3) is 0.500. The Kier molecular flexibility index (Phi) is 4.77. The van der Waals surface area contributed by atoms with E-state index in [1.165, 1.54) is 7.11 Å². The van der Waals surface area contributed by atoms with E-state index in [9.17, 15) is 9.59 Å². The monoisotopic (exact) mass is 276 g/mol. The van der Waals surface area contributed by atoms with E-state index >= 15 is 0 Å². The van der Waals surface area contributed by atoms with Crippen LogP contribution in [0.5, 0.6) is 5.75 Å². The molecule has 0 radical (unpaired) electrons. The highest BCUT2D eigenvalue weighted by atomic mass is 16.5. The molecule has 0 saturated heterocycles. The van der Waals surface area contributed by atoms with Crippen molar-refractivity contribution in [2.24, 2.45) is 5.92 Å². The van der Waals surface area contributed by atoms with E-state index in [-0.39, 0.29) is 23.8 Å². The van der Waals surface area contributed by atoms with Gasteiger partial charge in [-0.3, -0.25) is 9.59 Å². The molecule has 0 spiro atoms. The number of methoxy groups -OCH3 is 1. The number of esters is 1. The van der Waals surface area contributed by atoms with E-state index in [4.69, 9.17) is 9.47 Å². The minimum absolute atomic E-state index is 0.0138. The highest BCUT2D eigenvalue weighted by Gasteiger charge is 2.27. The zero-order chi connectivity index (χ0) is 14.5. The van der Waals surface area contributed by atoms with E-state index < -0.39 is 0 Å². The molecule has 4 nitrogen and oxygen atoms in total. The lowest BCUT2D eigenvalue weighted by molar-refractivity contribution is -0.147. The number of hydrogen-bond donors (Lipinski definition) is 0. The van der Waals surface area contributed by atoms with Crippen LogP contribution in [0.2, 0.25) is 0 Å². The number of ketones is 1. The van der Waals surface area contributed by atoms with Gasteiger partial charge in [0.1, 0.15) is 5.75 Å². The Labute approximate surface area is 119 Å². The number of rotatable bonds is 4. The maximum Gasteiger partial charge on any atom is 0.308 e. The van der Waals surface area contributed by atoms with E-state index in [2.05, 4.69) is 0 Å². The second-order valence-electron chi connectivity index (χ2n) is 5.20. The molecule has 1 aliphatic rings. The molecule has 1 aromatic carbocycles. The predicted molar refractivity (Wildman–Crippen MR) is 74.8 cm³/mol. The molecule has 0 atom stereocenters. The molecule has 1 fully saturated rings. The summed E-state index contributed by atoms with van der Waals surface area (Å²) >= 11 is 0. The van der Waals surface area contributed by atoms with Crippen LogP contribution in [0.3, 0.4) is 0 Å². The summed E-state index contributed by atoms with van der Waals surface area (Å²) in [5, 5.41) is 0. The van der Waals surface area contributed by atoms with Gasteiger partial charge >= 0.3 is 5.97 Å². The van der Waals surface area contributed by atoms with Gasteiger partial charge in [0.2, 0.25) is 0 Å². The van der Waals surface area contributed by atoms with Crippen molar-refractivity contribution in [3.8, 4) is 5.75 Å². The summed E-state index contributed by atoms with van der Waals surface area (Å²) in [6, 6.07) is 7.20. The average molecular weight is 276 g/mol. The van der Waals surface area contributed by atoms with Crippen molar-refractivity contribution in [2.75, 3.05) is 7.11 Å². The first-order valence-corrected chi connectivity index (χ1v) is 6.95. The second-order valence-corrected chi connectivity index (χ2v) is 5.20. The first-order chi connectivity index (χ1) is 9.60. The van der Waals surface area contributed by atoms with Crippen LogP contribution >= 0.6 is 0 Å². The van der Waals surface area contributed by atoms with Gasteiger partial charge in [-0.1, -0.05) is 0 Å². The molecule has 0 amide bonds. The normalized spacial score (nSPS) is 22.1. The number of hydrogen-bond acceptors (Lipinski definition) is 4. The summed E-state index contributed by atoms with van der Waals surface area (Å²) in [5.41, 5.74) is 0.687. The maximum atomic E-state index is 11.4. The van der Waals surface area contributed by atoms with E-state index in [0.717, 1.165) is 31.4 Å². The molecule has 0 aromatic heterocycles. The first kappa shape index (κ1) is 14.6. The molecule has 0 heterocycles. The Balaban J connectivity index is 1.86. The molecule has 0 N–H and O–H groups in total. The van der Waals surface area contributed by atoms with Gasteiger partial charge in [-0.05, 0) is 56.9 Å². The fourth-order valence-corrected chi connectivity index (χ4v) is 2.54. The van der Waals surface area contributed by atoms with E-state index in [1.807, 2.05) is 12.1 Å². The number of carbonyl (C=O) groups excluding carboxylic acids is 2. The van der Waals surface area contributed by atoms with Crippen molar-refractivity contribution in [1.82, 2.24) is 0 Å². The van der Waals surface area contributed by atoms with Crippen LogP contribution in [0, 0.1) is 5.92 Å². The summed E-state index contributed by atoms with van der Waals surface area (Å²) in [6.07, 6.45) is 3.47. The summed E-state index contributed by atoms with van der Waals surface area (Å²) in [7, 11) is 1.43. The molecular weight excluding hydrogens is 256 g/mol. The third-order valence-electron chi connectivity index (χ3n) is 3.77. The zero-order valence-corrected chi connectivity index (χ0v) is 11.9. The van der Waals surface area contributed by atoms with Gasteiger partial charge in [0.05, 0.1) is 19.1 Å². The molecule has 0 aliphatic heterocycles. The molecule has 0 bridgehead atoms. The molecule has 2 rings (SSSR count). The zero-order valence-electron chi connectivity index (χ0n) is 11.9. The first-order valence-electron chi connectivity index (χ1n) is 6.95. The molecule has 108 valence electrons. The molecule has 1 aliphatic carbocycles. The predicted octanol–water partition coefficient (Wildman–Crippen LogP) is 3.00. The topological polar surface area (TPSA) is 52.6 Å². The van der Waals surface area contributed by atoms with Gasteiger partial charge in [-0.2, -0.15) is 0 Å². The van der Waals surface area contributed by atoms with Gasteiger partial charge in [0.25, 0.3) is 0 Å². The quantitative estimate of drug-likeness (QED) is 0.626. The smallest absolute Gasteiger partial charge is 0.308 e. The summed E-state index contributed by atoms with van der Waals surface area (Å²) in [4.78, 5) is 22.6. The standard InChI is InChI=1S/C16H20O4/c1-11(17)12-3-7-14(8-4-12)20-15-9-5-13(6-10-15)16(18)19-2/h3-4,7-8,13,15H,5-6,9-10H2,1-2H3. The highest BCUT2D eigenvalue weighted by molar-refractivity contribution is 5.94. The van der Waals surface area contributed by atoms with Crippen molar-refractivity contribution in [1.29, 1.82) is 0 Å². The van der Waals surface area contributed by atoms with E-state index in [0.29, 0.717) is 5.56 Å². The van der Waals surface area contributed by atoms with Gasteiger partial charge in [-0.15, -0.1) is 0 Å². The average Bonchev–Trinajstić information content (AvgIpc) is 2.48. The van der Waals surface area contributed by atoms with Crippen LogP contribution in [0.1, 0.15) is 43.0 Å². The molecule has 1 aromatic rings. The van der Waals surface area contributed by atoms with Gasteiger partial charge in [0, 0.05) is 5.56 Å². The lowest BCUT2D eigenvalue weighted by Gasteiger charge is -2.27. The van der Waals surface area contributed by atoms with Crippen molar-refractivity contribution in [3.05, 3.63) is 29.8 Å². The highest BCUT2D eigenvalue weighted by Crippen LogP contribution is 2.28. The van der Waals surface area contributed by atoms with Crippen LogP contribution in [0.4, 0.5) is 0 Å². The van der Waals surface area contributed by atoms with Crippen molar-refractivity contribution < 1.29 is 19.1 Å². The molecule has 0 unspecified atom stereocenters. The Hall–Kier alpha value is -1.84. The third kappa shape index (κ3) is 3.59. The lowest BCUT2D eigenvalue weighted by atomic mass is 9.87. The van der Waals surface area contributed by atoms with Crippen molar-refractivity contribution in [2.45, 2.75) is 38.7 Å². The minimum Gasteiger partial charge on any atom is -0.490 e. The van der Waals surface area contributed by atoms with E-state index in [1.54, 1.807) is 19.1 Å². The molecular formula is C16H20O4. The fourth-order valence-electron chi connectivity index (χ4n) is 2.54. The Morgan fingerprint density at radius 3 is 2.15 bits per heavy atom. The summed E-state index contributed by atoms with van der Waals surface area (Å²) in [6.45, 7) is 1.55. The molecule has 20 heavy (non-hydrogen) atoms. The van der Waals surface area contributed by atoms with Crippen LogP contribution in [-0.2, 0) is 9.53 Å². The van der Waals surface area contributed by atoms with Crippen molar-refractivity contribution in [3.63, 3.8) is 0 Å². The number of benzene rings is 1. The largest absolute Gasteiger partial charge is 0.490 e. The number of ether oxygens (including phenoxy) is 2. The van der Waals surface area contributed by atoms with Gasteiger partial charge < -0.3 is 9.47 Å². The summed E-state index contributed by atoms with van der Waals surface area (Å²) < 4.78 is 10.7. The second kappa shape index (κ2) is 6.55. The van der Waals surface area contributed by atoms with Crippen LogP contribution < -0.4 is 4.74 Å². The maximum absolute atomic E-state index is 11.4. The van der Waals surface area contributed by atoms with Crippen LogP contribution in [0.15, 0.2) is 24.3 Å². The Morgan fingerprint density at radius 2 is 1.65 bits per heavy atom. The SMILES string of the molecule is COC(=O)C1CCC(Oc2ccc(C(C)=O)cc2)CC1. The lowest BCUT2D eigenvalue weighted by Crippen LogP contribution is -2.28. The summed E-state index contributed by atoms with van der Waals surface area (Å²) in [5.74, 6) is 0.723. The number of Topliss-reactive ketones (excluding diaryl/α,β-unsaturated/α-hetero) is 1. The Morgan fingerprint density at radius 1 is 1.05 bits per heavy atom. The van der Waals surface area contributed by atoms with Crippen LogP contribution in [-0.4, -0.2) is 25.0 Å². The number of carbonyl (C=O) groups is 2.